The Morgan fingerprint density at radius 2 is 1.68 bits per heavy atom. The minimum Gasteiger partial charge on any atom is -0.497 e. The molecule has 4 rings (SSSR count). The molecule has 1 fully saturated rings. The average molecular weight is 334 g/mol. The quantitative estimate of drug-likeness (QED) is 0.710. The molecule has 4 nitrogen and oxygen atoms in total. The summed E-state index contributed by atoms with van der Waals surface area (Å²) in [6, 6.07) is 18.8. The largest absolute Gasteiger partial charge is 0.497 e. The van der Waals surface area contributed by atoms with E-state index in [0.29, 0.717) is 0 Å². The Bertz CT molecular complexity index is 837. The molecule has 25 heavy (non-hydrogen) atoms. The Hall–Kier alpha value is -2.72. The number of hydrogen-bond acceptors (Lipinski definition) is 3. The van der Waals surface area contributed by atoms with Gasteiger partial charge in [0.05, 0.1) is 13.7 Å². The van der Waals surface area contributed by atoms with E-state index >= 15 is 0 Å². The van der Waals surface area contributed by atoms with E-state index in [-0.39, 0.29) is 6.23 Å². The second kappa shape index (κ2) is 6.65. The summed E-state index contributed by atoms with van der Waals surface area (Å²) in [6.45, 7) is 3.75. The predicted molar refractivity (Wildman–Crippen MR) is 99.5 cm³/mol. The summed E-state index contributed by atoms with van der Waals surface area (Å²) in [5.74, 6) is 0.862. The summed E-state index contributed by atoms with van der Waals surface area (Å²) in [5.41, 5.74) is 4.73. The van der Waals surface area contributed by atoms with Crippen molar-refractivity contribution in [2.45, 2.75) is 13.2 Å². The molecule has 1 saturated heterocycles. The maximum Gasteiger partial charge on any atom is 0.158 e. The number of aromatic nitrogens is 1. The SMILES string of the molecule is COc1ccc(-n2ccc(C3OCCN3c3ccc(C)cc3)c2)cc1. The minimum atomic E-state index is -0.0396. The van der Waals surface area contributed by atoms with E-state index in [0.717, 1.165) is 30.2 Å². The predicted octanol–water partition coefficient (Wildman–Crippen LogP) is 4.33. The highest BCUT2D eigenvalue weighted by Gasteiger charge is 2.27. The normalized spacial score (nSPS) is 17.0. The first-order valence-corrected chi connectivity index (χ1v) is 8.52. The first kappa shape index (κ1) is 15.8. The van der Waals surface area contributed by atoms with Gasteiger partial charge in [-0.15, -0.1) is 0 Å². The molecule has 0 bridgehead atoms. The zero-order chi connectivity index (χ0) is 17.2. The molecule has 1 unspecified atom stereocenters. The van der Waals surface area contributed by atoms with Crippen LogP contribution >= 0.6 is 0 Å². The fourth-order valence-electron chi connectivity index (χ4n) is 3.22. The molecule has 0 amide bonds. The molecular formula is C21H22N2O2. The van der Waals surface area contributed by atoms with Crippen molar-refractivity contribution in [3.8, 4) is 11.4 Å². The lowest BCUT2D eigenvalue weighted by molar-refractivity contribution is 0.114. The van der Waals surface area contributed by atoms with Crippen LogP contribution in [0.2, 0.25) is 0 Å². The van der Waals surface area contributed by atoms with Gasteiger partial charge in [-0.1, -0.05) is 17.7 Å². The summed E-state index contributed by atoms with van der Waals surface area (Å²) >= 11 is 0. The number of nitrogens with zero attached hydrogens (tertiary/aromatic N) is 2. The number of anilines is 1. The summed E-state index contributed by atoms with van der Waals surface area (Å²) in [6.07, 6.45) is 4.17. The maximum absolute atomic E-state index is 6.01. The van der Waals surface area contributed by atoms with Gasteiger partial charge < -0.3 is 18.9 Å². The van der Waals surface area contributed by atoms with Crippen molar-refractivity contribution in [3.63, 3.8) is 0 Å². The van der Waals surface area contributed by atoms with Crippen molar-refractivity contribution in [2.24, 2.45) is 0 Å². The number of benzene rings is 2. The van der Waals surface area contributed by atoms with Gasteiger partial charge in [0.1, 0.15) is 5.75 Å². The summed E-state index contributed by atoms with van der Waals surface area (Å²) in [5, 5.41) is 0. The molecule has 0 radical (unpaired) electrons. The Morgan fingerprint density at radius 1 is 0.960 bits per heavy atom. The molecule has 1 aliphatic heterocycles. The zero-order valence-corrected chi connectivity index (χ0v) is 14.6. The number of rotatable bonds is 4. The Kier molecular flexibility index (Phi) is 4.20. The highest BCUT2D eigenvalue weighted by Crippen LogP contribution is 2.32. The maximum atomic E-state index is 6.01. The Morgan fingerprint density at radius 3 is 2.40 bits per heavy atom. The van der Waals surface area contributed by atoms with Gasteiger partial charge in [0.15, 0.2) is 6.23 Å². The van der Waals surface area contributed by atoms with Crippen molar-refractivity contribution in [1.29, 1.82) is 0 Å². The van der Waals surface area contributed by atoms with Gasteiger partial charge in [-0.05, 0) is 49.4 Å². The van der Waals surface area contributed by atoms with Crippen molar-refractivity contribution >= 4 is 5.69 Å². The lowest BCUT2D eigenvalue weighted by atomic mass is 10.2. The third-order valence-electron chi connectivity index (χ3n) is 4.63. The highest BCUT2D eigenvalue weighted by molar-refractivity contribution is 5.50. The summed E-state index contributed by atoms with van der Waals surface area (Å²) in [4.78, 5) is 2.31. The number of hydrogen-bond donors (Lipinski definition) is 0. The third kappa shape index (κ3) is 3.13. The van der Waals surface area contributed by atoms with Crippen LogP contribution in [0.25, 0.3) is 5.69 Å². The Balaban J connectivity index is 1.58. The molecule has 1 atom stereocenters. The van der Waals surface area contributed by atoms with Crippen molar-refractivity contribution < 1.29 is 9.47 Å². The molecular weight excluding hydrogens is 312 g/mol. The first-order valence-electron chi connectivity index (χ1n) is 8.52. The van der Waals surface area contributed by atoms with E-state index in [1.165, 1.54) is 11.3 Å². The second-order valence-electron chi connectivity index (χ2n) is 6.30. The fourth-order valence-corrected chi connectivity index (χ4v) is 3.22. The second-order valence-corrected chi connectivity index (χ2v) is 6.30. The van der Waals surface area contributed by atoms with Crippen molar-refractivity contribution in [3.05, 3.63) is 78.1 Å². The first-order chi connectivity index (χ1) is 12.2. The van der Waals surface area contributed by atoms with Crippen LogP contribution in [0.1, 0.15) is 17.4 Å². The van der Waals surface area contributed by atoms with Crippen LogP contribution in [0, 0.1) is 6.92 Å². The zero-order valence-electron chi connectivity index (χ0n) is 14.6. The molecule has 0 spiro atoms. The molecule has 1 aromatic heterocycles. The summed E-state index contributed by atoms with van der Waals surface area (Å²) in [7, 11) is 1.68. The van der Waals surface area contributed by atoms with Crippen LogP contribution in [0.3, 0.4) is 0 Å². The lowest BCUT2D eigenvalue weighted by Crippen LogP contribution is -2.22. The topological polar surface area (TPSA) is 26.6 Å². The van der Waals surface area contributed by atoms with Crippen LogP contribution in [-0.4, -0.2) is 24.8 Å². The molecule has 0 aliphatic carbocycles. The molecule has 0 N–H and O–H groups in total. The van der Waals surface area contributed by atoms with Gasteiger partial charge in [-0.2, -0.15) is 0 Å². The highest BCUT2D eigenvalue weighted by atomic mass is 16.5. The molecule has 4 heteroatoms. The fraction of sp³-hybridized carbons (Fsp3) is 0.238. The molecule has 0 saturated carbocycles. The summed E-state index contributed by atoms with van der Waals surface area (Å²) < 4.78 is 13.4. The standard InChI is InChI=1S/C21H22N2O2/c1-16-3-5-19(6-4-16)23-13-14-25-21(23)17-11-12-22(15-17)18-7-9-20(24-2)10-8-18/h3-12,15,21H,13-14H2,1-2H3. The van der Waals surface area contributed by atoms with E-state index in [1.807, 2.05) is 12.1 Å². The van der Waals surface area contributed by atoms with Crippen molar-refractivity contribution in [2.75, 3.05) is 25.2 Å². The number of methoxy groups -OCH3 is 1. The number of aryl methyl sites for hydroxylation is 1. The van der Waals surface area contributed by atoms with Crippen LogP contribution in [0.4, 0.5) is 5.69 Å². The number of ether oxygens (including phenoxy) is 2. The molecule has 2 aromatic carbocycles. The van der Waals surface area contributed by atoms with Crippen LogP contribution in [0.15, 0.2) is 67.0 Å². The van der Waals surface area contributed by atoms with Gasteiger partial charge in [-0.3, -0.25) is 0 Å². The van der Waals surface area contributed by atoms with Gasteiger partial charge in [-0.25, -0.2) is 0 Å². The molecule has 128 valence electrons. The van der Waals surface area contributed by atoms with E-state index in [4.69, 9.17) is 9.47 Å². The smallest absolute Gasteiger partial charge is 0.158 e. The van der Waals surface area contributed by atoms with Crippen LogP contribution in [0.5, 0.6) is 5.75 Å². The van der Waals surface area contributed by atoms with Gasteiger partial charge >= 0.3 is 0 Å². The van der Waals surface area contributed by atoms with E-state index in [9.17, 15) is 0 Å². The molecule has 1 aliphatic rings. The van der Waals surface area contributed by atoms with Crippen LogP contribution < -0.4 is 9.64 Å². The third-order valence-corrected chi connectivity index (χ3v) is 4.63. The van der Waals surface area contributed by atoms with E-state index < -0.39 is 0 Å². The van der Waals surface area contributed by atoms with E-state index in [1.54, 1.807) is 7.11 Å². The molecule has 3 aromatic rings. The van der Waals surface area contributed by atoms with Crippen LogP contribution in [-0.2, 0) is 4.74 Å². The van der Waals surface area contributed by atoms with Crippen molar-refractivity contribution in [1.82, 2.24) is 4.57 Å². The lowest BCUT2D eigenvalue weighted by Gasteiger charge is -2.24. The van der Waals surface area contributed by atoms with E-state index in [2.05, 4.69) is 71.2 Å². The average Bonchev–Trinajstić information content (AvgIpc) is 3.31. The minimum absolute atomic E-state index is 0.0396. The van der Waals surface area contributed by atoms with Gasteiger partial charge in [0, 0.05) is 35.9 Å². The Labute approximate surface area is 148 Å². The monoisotopic (exact) mass is 334 g/mol. The molecule has 2 heterocycles. The van der Waals surface area contributed by atoms with Gasteiger partial charge in [0.2, 0.25) is 0 Å². The van der Waals surface area contributed by atoms with Gasteiger partial charge in [0.25, 0.3) is 0 Å².